The molecule has 0 radical (unpaired) electrons. The molecule has 0 aliphatic rings. The van der Waals surface area contributed by atoms with E-state index in [1.54, 1.807) is 0 Å². The molecule has 128 valence electrons. The van der Waals surface area contributed by atoms with Gasteiger partial charge in [-0.3, -0.25) is 4.79 Å². The van der Waals surface area contributed by atoms with Gasteiger partial charge in [0.15, 0.2) is 16.6 Å². The highest BCUT2D eigenvalue weighted by atomic mass is 32.1. The fourth-order valence-corrected chi connectivity index (χ4v) is 2.68. The molecule has 25 heavy (non-hydrogen) atoms. The van der Waals surface area contributed by atoms with Crippen molar-refractivity contribution < 1.29 is 18.3 Å². The quantitative estimate of drug-likeness (QED) is 0.697. The van der Waals surface area contributed by atoms with Crippen molar-refractivity contribution in [1.29, 1.82) is 0 Å². The van der Waals surface area contributed by atoms with Gasteiger partial charge in [0.1, 0.15) is 11.2 Å². The Bertz CT molecular complexity index is 989. The molecule has 0 aromatic carbocycles. The number of carbonyl (C=O) groups is 1. The largest absolute Gasteiger partial charge is 0.488 e. The van der Waals surface area contributed by atoms with Gasteiger partial charge >= 0.3 is 5.63 Å². The summed E-state index contributed by atoms with van der Waals surface area (Å²) < 4.78 is 24.0. The number of hydrogen-bond acceptors (Lipinski definition) is 9. The van der Waals surface area contributed by atoms with E-state index in [-0.39, 0.29) is 27.8 Å². The van der Waals surface area contributed by atoms with Crippen LogP contribution in [0.2, 0.25) is 0 Å². The van der Waals surface area contributed by atoms with E-state index in [1.165, 1.54) is 30.9 Å². The van der Waals surface area contributed by atoms with Gasteiger partial charge in [0.25, 0.3) is 5.91 Å². The Kier molecular flexibility index (Phi) is 4.39. The predicted molar refractivity (Wildman–Crippen MR) is 86.4 cm³/mol. The number of nitrogens with zero attached hydrogens (tertiary/aromatic N) is 3. The molecule has 0 saturated heterocycles. The Morgan fingerprint density at radius 1 is 1.48 bits per heavy atom. The smallest absolute Gasteiger partial charge is 0.381 e. The van der Waals surface area contributed by atoms with Gasteiger partial charge < -0.3 is 20.2 Å². The lowest BCUT2D eigenvalue weighted by atomic mass is 10.1. The molecule has 9 nitrogen and oxygen atoms in total. The topological polar surface area (TPSA) is 133 Å². The summed E-state index contributed by atoms with van der Waals surface area (Å²) in [6.07, 6.45) is 1.35. The summed E-state index contributed by atoms with van der Waals surface area (Å²) in [6.45, 7) is 0. The van der Waals surface area contributed by atoms with Gasteiger partial charge in [-0.2, -0.15) is 0 Å². The zero-order valence-electron chi connectivity index (χ0n) is 12.6. The van der Waals surface area contributed by atoms with Crippen molar-refractivity contribution in [3.63, 3.8) is 0 Å². The van der Waals surface area contributed by atoms with Crippen LogP contribution in [-0.4, -0.2) is 28.2 Å². The predicted octanol–water partition coefficient (Wildman–Crippen LogP) is 1.54. The van der Waals surface area contributed by atoms with Crippen molar-refractivity contribution in [2.24, 2.45) is 5.73 Å². The van der Waals surface area contributed by atoms with Crippen molar-refractivity contribution in [2.75, 3.05) is 12.4 Å². The highest BCUT2D eigenvalue weighted by molar-refractivity contribution is 7.12. The molecule has 0 aliphatic carbocycles. The normalized spacial score (nSPS) is 10.5. The summed E-state index contributed by atoms with van der Waals surface area (Å²) in [7, 11) is 1.22. The summed E-state index contributed by atoms with van der Waals surface area (Å²) in [5.41, 5.74) is 5.71. The van der Waals surface area contributed by atoms with Crippen LogP contribution in [0.1, 0.15) is 10.6 Å². The first-order valence-electron chi connectivity index (χ1n) is 6.72. The van der Waals surface area contributed by atoms with Gasteiger partial charge in [0.2, 0.25) is 11.5 Å². The first-order valence-corrected chi connectivity index (χ1v) is 7.59. The summed E-state index contributed by atoms with van der Waals surface area (Å²) >= 11 is 1.06. The lowest BCUT2D eigenvalue weighted by molar-refractivity contribution is 0.0970. The van der Waals surface area contributed by atoms with Crippen LogP contribution in [0.3, 0.4) is 0 Å². The number of halogens is 1. The summed E-state index contributed by atoms with van der Waals surface area (Å²) in [4.78, 5) is 27.7. The molecule has 0 saturated carbocycles. The first-order chi connectivity index (χ1) is 12.0. The van der Waals surface area contributed by atoms with Crippen LogP contribution < -0.4 is 21.4 Å². The highest BCUT2D eigenvalue weighted by Gasteiger charge is 2.27. The molecule has 0 bridgehead atoms. The maximum Gasteiger partial charge on any atom is 0.381 e. The fraction of sp³-hybridized carbons (Fsp3) is 0.0714. The number of ether oxygens (including phenoxy) is 1. The minimum Gasteiger partial charge on any atom is -0.488 e. The Labute approximate surface area is 143 Å². The lowest BCUT2D eigenvalue weighted by Crippen LogP contribution is -2.19. The second-order valence-corrected chi connectivity index (χ2v) is 5.40. The van der Waals surface area contributed by atoms with Crippen molar-refractivity contribution in [3.8, 4) is 16.3 Å². The number of nitrogens with one attached hydrogen (secondary N) is 1. The highest BCUT2D eigenvalue weighted by Crippen LogP contribution is 2.38. The van der Waals surface area contributed by atoms with Crippen LogP contribution in [-0.2, 0) is 0 Å². The summed E-state index contributed by atoms with van der Waals surface area (Å²) in [5.74, 6) is -2.62. The molecule has 0 unspecified atom stereocenters. The SMILES string of the molecule is COc1c(Nc2ncccc2F)c(-c2nncs2)c(C(N)=O)oc1=O. The van der Waals surface area contributed by atoms with Gasteiger partial charge in [0.05, 0.1) is 12.7 Å². The van der Waals surface area contributed by atoms with Crippen molar-refractivity contribution in [1.82, 2.24) is 15.2 Å². The number of carbonyl (C=O) groups excluding carboxylic acids is 1. The molecular formula is C14H10FN5O4S. The van der Waals surface area contributed by atoms with Gasteiger partial charge in [-0.25, -0.2) is 14.2 Å². The minimum absolute atomic E-state index is 0.0245. The van der Waals surface area contributed by atoms with E-state index in [1.807, 2.05) is 0 Å². The van der Waals surface area contributed by atoms with Gasteiger partial charge in [-0.05, 0) is 12.1 Å². The van der Waals surface area contributed by atoms with Crippen molar-refractivity contribution in [2.45, 2.75) is 0 Å². The molecule has 0 atom stereocenters. The van der Waals surface area contributed by atoms with E-state index in [0.29, 0.717) is 0 Å². The molecule has 3 aromatic rings. The molecule has 0 fully saturated rings. The average molecular weight is 363 g/mol. The van der Waals surface area contributed by atoms with E-state index in [2.05, 4.69) is 20.5 Å². The van der Waals surface area contributed by atoms with Crippen LogP contribution >= 0.6 is 11.3 Å². The summed E-state index contributed by atoms with van der Waals surface area (Å²) in [6, 6.07) is 2.57. The Morgan fingerprint density at radius 3 is 2.88 bits per heavy atom. The van der Waals surface area contributed by atoms with Gasteiger partial charge in [0, 0.05) is 6.20 Å². The molecule has 0 spiro atoms. The molecule has 11 heteroatoms. The van der Waals surface area contributed by atoms with E-state index < -0.39 is 23.1 Å². The molecular weight excluding hydrogens is 353 g/mol. The number of primary amides is 1. The first kappa shape index (κ1) is 16.5. The van der Waals surface area contributed by atoms with Crippen molar-refractivity contribution >= 4 is 28.7 Å². The molecule has 1 amide bonds. The number of methoxy groups -OCH3 is 1. The second kappa shape index (κ2) is 6.65. The number of hydrogen-bond donors (Lipinski definition) is 2. The maximum absolute atomic E-state index is 14.0. The molecule has 3 heterocycles. The zero-order chi connectivity index (χ0) is 18.0. The number of amides is 1. The third-order valence-electron chi connectivity index (χ3n) is 3.09. The van der Waals surface area contributed by atoms with E-state index in [9.17, 15) is 14.0 Å². The lowest BCUT2D eigenvalue weighted by Gasteiger charge is -2.14. The number of aromatic nitrogens is 3. The van der Waals surface area contributed by atoms with Crippen molar-refractivity contribution in [3.05, 3.63) is 45.8 Å². The second-order valence-electron chi connectivity index (χ2n) is 4.57. The molecule has 3 rings (SSSR count). The van der Waals surface area contributed by atoms with Crippen LogP contribution in [0.5, 0.6) is 5.75 Å². The van der Waals surface area contributed by atoms with Crippen LogP contribution in [0.25, 0.3) is 10.6 Å². The van der Waals surface area contributed by atoms with Gasteiger partial charge in [-0.1, -0.05) is 11.3 Å². The third kappa shape index (κ3) is 3.04. The Hall–Kier alpha value is -3.34. The minimum atomic E-state index is -1.01. The number of nitrogens with two attached hydrogens (primary N) is 1. The molecule has 3 N–H and O–H groups in total. The summed E-state index contributed by atoms with van der Waals surface area (Å²) in [5, 5.41) is 10.4. The van der Waals surface area contributed by atoms with E-state index in [4.69, 9.17) is 14.9 Å². The monoisotopic (exact) mass is 363 g/mol. The number of anilines is 2. The zero-order valence-corrected chi connectivity index (χ0v) is 13.5. The maximum atomic E-state index is 14.0. The average Bonchev–Trinajstić information content (AvgIpc) is 3.10. The van der Waals surface area contributed by atoms with Crippen LogP contribution in [0.4, 0.5) is 15.9 Å². The fourth-order valence-electron chi connectivity index (χ4n) is 2.08. The third-order valence-corrected chi connectivity index (χ3v) is 3.80. The van der Waals surface area contributed by atoms with Crippen LogP contribution in [0, 0.1) is 5.82 Å². The number of rotatable bonds is 5. The Balaban J connectivity index is 2.32. The molecule has 3 aromatic heterocycles. The molecule has 0 aliphatic heterocycles. The number of pyridine rings is 1. The van der Waals surface area contributed by atoms with E-state index in [0.717, 1.165) is 11.3 Å². The standard InChI is InChI=1S/C14H10FN5O4S/c1-23-10-8(19-12-6(15)3-2-4-17-12)7(13-20-18-5-25-13)9(11(16)21)24-14(10)22/h2-5H,1H3,(H2,16,21)(H,17,19). The van der Waals surface area contributed by atoms with Crippen LogP contribution in [0.15, 0.2) is 33.1 Å². The van der Waals surface area contributed by atoms with Gasteiger partial charge in [-0.15, -0.1) is 10.2 Å². The van der Waals surface area contributed by atoms with E-state index >= 15 is 0 Å². The Morgan fingerprint density at radius 2 is 2.28 bits per heavy atom.